The van der Waals surface area contributed by atoms with Gasteiger partial charge in [0, 0.05) is 5.56 Å². The van der Waals surface area contributed by atoms with Crippen LogP contribution < -0.4 is 5.43 Å². The van der Waals surface area contributed by atoms with Crippen LogP contribution in [-0.2, 0) is 15.8 Å². The van der Waals surface area contributed by atoms with Crippen molar-refractivity contribution < 1.29 is 18.1 Å². The third-order valence-corrected chi connectivity index (χ3v) is 7.22. The first-order valence-electron chi connectivity index (χ1n) is 10.6. The second-order valence-corrected chi connectivity index (χ2v) is 9.73. The number of aliphatic imine (C=N–C) groups is 1. The highest BCUT2D eigenvalue weighted by Gasteiger charge is 2.55. The molecule has 8 heteroatoms. The van der Waals surface area contributed by atoms with Crippen molar-refractivity contribution in [1.82, 2.24) is 5.01 Å². The summed E-state index contributed by atoms with van der Waals surface area (Å²) in [4.78, 5) is 4.66. The van der Waals surface area contributed by atoms with Crippen LogP contribution in [0.15, 0.2) is 96.0 Å². The number of nitrogens with one attached hydrogen (secondary N) is 1. The molecule has 5 rings (SSSR count). The fourth-order valence-corrected chi connectivity index (χ4v) is 5.47. The molecule has 2 aliphatic rings. The lowest BCUT2D eigenvalue weighted by atomic mass is 9.81. The van der Waals surface area contributed by atoms with Gasteiger partial charge in [-0.2, -0.15) is 8.42 Å². The molecule has 3 N–H and O–H groups in total. The lowest BCUT2D eigenvalue weighted by Gasteiger charge is -2.41. The van der Waals surface area contributed by atoms with Crippen molar-refractivity contribution in [3.63, 3.8) is 0 Å². The zero-order valence-corrected chi connectivity index (χ0v) is 18.4. The van der Waals surface area contributed by atoms with Crippen LogP contribution in [0.4, 0.5) is 5.69 Å². The number of fused-ring (bicyclic) bond motifs is 3. The molecule has 3 aromatic carbocycles. The second kappa shape index (κ2) is 8.15. The molecule has 0 saturated carbocycles. The minimum Gasteiger partial charge on any atom is -0.364 e. The fourth-order valence-electron chi connectivity index (χ4n) is 4.52. The molecule has 3 aromatic rings. The van der Waals surface area contributed by atoms with E-state index in [0.29, 0.717) is 17.0 Å². The Labute approximate surface area is 192 Å². The van der Waals surface area contributed by atoms with Crippen LogP contribution in [0.3, 0.4) is 0 Å². The van der Waals surface area contributed by atoms with Crippen molar-refractivity contribution in [1.29, 1.82) is 0 Å². The SMILES string of the molecule is O=S(=O)(O)C1CC2N(Nc3ccccc3)C(C=Cc3ccccc3)=NC2(O)c2ccccc21. The van der Waals surface area contributed by atoms with E-state index in [0.717, 1.165) is 11.3 Å². The van der Waals surface area contributed by atoms with Crippen molar-refractivity contribution in [3.8, 4) is 0 Å². The standard InChI is InChI=1S/C25H23N3O4S/c29-25-21-14-8-7-13-20(21)22(33(30,31)32)17-23(25)28(27-19-11-5-2-6-12-19)24(26-25)16-15-18-9-3-1-4-10-18/h1-16,22-23,27,29H,17H2,(H,30,31,32). The molecule has 3 unspecified atom stereocenters. The van der Waals surface area contributed by atoms with Gasteiger partial charge in [-0.15, -0.1) is 0 Å². The summed E-state index contributed by atoms with van der Waals surface area (Å²) in [6, 6.07) is 25.0. The number of para-hydroxylation sites is 1. The Balaban J connectivity index is 1.62. The zero-order valence-electron chi connectivity index (χ0n) is 17.6. The van der Waals surface area contributed by atoms with Gasteiger partial charge in [-0.25, -0.2) is 4.99 Å². The minimum atomic E-state index is -4.41. The summed E-state index contributed by atoms with van der Waals surface area (Å²) in [5.74, 6) is 0.445. The molecule has 1 aliphatic carbocycles. The first kappa shape index (κ1) is 21.4. The lowest BCUT2D eigenvalue weighted by Crippen LogP contribution is -2.51. The minimum absolute atomic E-state index is 0.0433. The molecule has 0 bridgehead atoms. The van der Waals surface area contributed by atoms with Gasteiger partial charge in [0.05, 0.1) is 5.69 Å². The molecule has 7 nitrogen and oxygen atoms in total. The van der Waals surface area contributed by atoms with Crippen LogP contribution in [0.2, 0.25) is 0 Å². The Kier molecular flexibility index (Phi) is 5.28. The molecular weight excluding hydrogens is 438 g/mol. The Morgan fingerprint density at radius 1 is 0.939 bits per heavy atom. The number of amidine groups is 1. The van der Waals surface area contributed by atoms with Gasteiger partial charge in [-0.3, -0.25) is 15.0 Å². The van der Waals surface area contributed by atoms with Crippen LogP contribution in [0.5, 0.6) is 0 Å². The zero-order chi connectivity index (χ0) is 23.1. The largest absolute Gasteiger partial charge is 0.364 e. The van der Waals surface area contributed by atoms with Gasteiger partial charge in [0.2, 0.25) is 5.72 Å². The van der Waals surface area contributed by atoms with E-state index in [-0.39, 0.29) is 6.42 Å². The van der Waals surface area contributed by atoms with Crippen LogP contribution in [-0.4, -0.2) is 35.0 Å². The summed E-state index contributed by atoms with van der Waals surface area (Å²) in [6.07, 6.45) is 3.62. The number of aliphatic hydroxyl groups is 1. The van der Waals surface area contributed by atoms with E-state index in [4.69, 9.17) is 0 Å². The van der Waals surface area contributed by atoms with E-state index >= 15 is 0 Å². The molecule has 1 aliphatic heterocycles. The molecule has 3 atom stereocenters. The molecule has 0 amide bonds. The number of hydrazine groups is 1. The summed E-state index contributed by atoms with van der Waals surface area (Å²) < 4.78 is 34.6. The van der Waals surface area contributed by atoms with Crippen LogP contribution >= 0.6 is 0 Å². The van der Waals surface area contributed by atoms with E-state index in [9.17, 15) is 18.1 Å². The molecule has 0 fully saturated rings. The molecule has 0 radical (unpaired) electrons. The fraction of sp³-hybridized carbons (Fsp3) is 0.160. The van der Waals surface area contributed by atoms with Gasteiger partial charge in [0.25, 0.3) is 10.1 Å². The quantitative estimate of drug-likeness (QED) is 0.497. The second-order valence-electron chi connectivity index (χ2n) is 8.13. The molecular formula is C25H23N3O4S. The highest BCUT2D eigenvalue weighted by Crippen LogP contribution is 2.49. The smallest absolute Gasteiger partial charge is 0.272 e. The van der Waals surface area contributed by atoms with E-state index < -0.39 is 27.1 Å². The molecule has 0 aromatic heterocycles. The van der Waals surface area contributed by atoms with Crippen LogP contribution in [0, 0.1) is 0 Å². The van der Waals surface area contributed by atoms with Gasteiger partial charge in [-0.1, -0.05) is 78.9 Å². The first-order chi connectivity index (χ1) is 15.9. The first-order valence-corrected chi connectivity index (χ1v) is 12.1. The van der Waals surface area contributed by atoms with Gasteiger partial charge in [0.15, 0.2) is 0 Å². The third kappa shape index (κ3) is 3.93. The normalized spacial score (nSPS) is 24.3. The summed E-state index contributed by atoms with van der Waals surface area (Å²) in [5.41, 5.74) is 4.02. The summed E-state index contributed by atoms with van der Waals surface area (Å²) in [5, 5.41) is 12.3. The van der Waals surface area contributed by atoms with Crippen molar-refractivity contribution >= 4 is 27.7 Å². The van der Waals surface area contributed by atoms with E-state index in [1.807, 2.05) is 66.7 Å². The number of anilines is 1. The molecule has 0 spiro atoms. The number of hydrogen-bond acceptors (Lipinski definition) is 6. The van der Waals surface area contributed by atoms with Crippen LogP contribution in [0.1, 0.15) is 28.4 Å². The van der Waals surface area contributed by atoms with Crippen molar-refractivity contribution in [2.24, 2.45) is 4.99 Å². The van der Waals surface area contributed by atoms with E-state index in [2.05, 4.69) is 10.4 Å². The number of benzene rings is 3. The van der Waals surface area contributed by atoms with E-state index in [1.54, 1.807) is 35.4 Å². The number of nitrogens with zero attached hydrogens (tertiary/aromatic N) is 2. The predicted molar refractivity (Wildman–Crippen MR) is 128 cm³/mol. The average molecular weight is 462 g/mol. The highest BCUT2D eigenvalue weighted by atomic mass is 32.2. The summed E-state index contributed by atoms with van der Waals surface area (Å²) in [7, 11) is -4.41. The van der Waals surface area contributed by atoms with Crippen molar-refractivity contribution in [2.75, 3.05) is 5.43 Å². The maximum Gasteiger partial charge on any atom is 0.272 e. The molecule has 33 heavy (non-hydrogen) atoms. The van der Waals surface area contributed by atoms with Crippen molar-refractivity contribution in [3.05, 3.63) is 108 Å². The Morgan fingerprint density at radius 3 is 2.27 bits per heavy atom. The molecule has 0 saturated heterocycles. The monoisotopic (exact) mass is 461 g/mol. The van der Waals surface area contributed by atoms with Gasteiger partial charge in [0.1, 0.15) is 17.1 Å². The lowest BCUT2D eigenvalue weighted by molar-refractivity contribution is -0.0130. The molecule has 1 heterocycles. The predicted octanol–water partition coefficient (Wildman–Crippen LogP) is 3.99. The molecule has 168 valence electrons. The Hall–Kier alpha value is -3.46. The maximum atomic E-state index is 12.3. The summed E-state index contributed by atoms with van der Waals surface area (Å²) >= 11 is 0. The maximum absolute atomic E-state index is 12.3. The van der Waals surface area contributed by atoms with E-state index in [1.165, 1.54) is 0 Å². The van der Waals surface area contributed by atoms with Crippen LogP contribution in [0.25, 0.3) is 6.08 Å². The Morgan fingerprint density at radius 2 is 1.58 bits per heavy atom. The Bertz CT molecular complexity index is 1330. The number of rotatable bonds is 5. The summed E-state index contributed by atoms with van der Waals surface area (Å²) in [6.45, 7) is 0. The van der Waals surface area contributed by atoms with Gasteiger partial charge >= 0.3 is 0 Å². The van der Waals surface area contributed by atoms with Crippen molar-refractivity contribution in [2.45, 2.75) is 23.4 Å². The van der Waals surface area contributed by atoms with Gasteiger partial charge in [-0.05, 0) is 35.8 Å². The number of hydrogen-bond donors (Lipinski definition) is 3. The third-order valence-electron chi connectivity index (χ3n) is 6.06. The highest BCUT2D eigenvalue weighted by molar-refractivity contribution is 7.86. The topological polar surface area (TPSA) is 102 Å². The van der Waals surface area contributed by atoms with Gasteiger partial charge < -0.3 is 5.11 Å². The average Bonchev–Trinajstić information content (AvgIpc) is 3.09.